The Morgan fingerprint density at radius 1 is 1.29 bits per heavy atom. The van der Waals surface area contributed by atoms with Gasteiger partial charge in [0.1, 0.15) is 0 Å². The van der Waals surface area contributed by atoms with Gasteiger partial charge in [0.2, 0.25) is 0 Å². The Hall–Kier alpha value is -0.580. The van der Waals surface area contributed by atoms with E-state index in [0.29, 0.717) is 5.02 Å². The molecule has 0 saturated heterocycles. The zero-order valence-electron chi connectivity index (χ0n) is 9.51. The van der Waals surface area contributed by atoms with Gasteiger partial charge in [-0.15, -0.1) is 0 Å². The molecule has 1 fully saturated rings. The minimum atomic E-state index is -3.09. The molecule has 17 heavy (non-hydrogen) atoms. The standard InChI is InChI=1S/C12H15ClO3S/c1-2-17(15,16)12-10(7-14)11(12)8-3-5-9(13)6-4-8/h3-6,10-12,14H,2,7H2,1H3/t10-,11+,12-/m1/s1. The zero-order valence-corrected chi connectivity index (χ0v) is 11.1. The maximum atomic E-state index is 11.8. The highest BCUT2D eigenvalue weighted by Crippen LogP contribution is 2.52. The molecule has 0 radical (unpaired) electrons. The lowest BCUT2D eigenvalue weighted by atomic mass is 10.1. The Bertz CT molecular complexity index is 495. The first-order valence-electron chi connectivity index (χ1n) is 5.59. The Balaban J connectivity index is 2.26. The van der Waals surface area contributed by atoms with E-state index in [9.17, 15) is 13.5 Å². The Morgan fingerprint density at radius 3 is 2.35 bits per heavy atom. The van der Waals surface area contributed by atoms with Crippen LogP contribution >= 0.6 is 11.6 Å². The summed E-state index contributed by atoms with van der Waals surface area (Å²) in [5.41, 5.74) is 0.940. The van der Waals surface area contributed by atoms with Crippen molar-refractivity contribution in [2.45, 2.75) is 18.1 Å². The molecule has 1 aliphatic carbocycles. The van der Waals surface area contributed by atoms with Crippen LogP contribution in [0.4, 0.5) is 0 Å². The van der Waals surface area contributed by atoms with Crippen LogP contribution < -0.4 is 0 Å². The molecule has 3 nitrogen and oxygen atoms in total. The molecular formula is C12H15ClO3S. The Morgan fingerprint density at radius 2 is 1.88 bits per heavy atom. The van der Waals surface area contributed by atoms with Crippen LogP contribution in [0.25, 0.3) is 0 Å². The first-order chi connectivity index (χ1) is 8.01. The first kappa shape index (κ1) is 12.9. The third-order valence-electron chi connectivity index (χ3n) is 3.38. The fraction of sp³-hybridized carbons (Fsp3) is 0.500. The summed E-state index contributed by atoms with van der Waals surface area (Å²) in [5.74, 6) is -0.124. The summed E-state index contributed by atoms with van der Waals surface area (Å²) >= 11 is 5.79. The predicted molar refractivity (Wildman–Crippen MR) is 68.0 cm³/mol. The average Bonchev–Trinajstić information content (AvgIpc) is 3.05. The Labute approximate surface area is 106 Å². The van der Waals surface area contributed by atoms with Gasteiger partial charge in [-0.2, -0.15) is 0 Å². The van der Waals surface area contributed by atoms with E-state index in [1.54, 1.807) is 19.1 Å². The quantitative estimate of drug-likeness (QED) is 0.912. The number of aliphatic hydroxyl groups is 1. The highest BCUT2D eigenvalue weighted by Gasteiger charge is 2.57. The third kappa shape index (κ3) is 2.34. The lowest BCUT2D eigenvalue weighted by molar-refractivity contribution is 0.274. The van der Waals surface area contributed by atoms with Gasteiger partial charge in [-0.25, -0.2) is 8.42 Å². The normalized spacial score (nSPS) is 28.1. The van der Waals surface area contributed by atoms with Crippen LogP contribution in [0.5, 0.6) is 0 Å². The lowest BCUT2D eigenvalue weighted by Gasteiger charge is -2.00. The molecule has 0 heterocycles. The largest absolute Gasteiger partial charge is 0.396 e. The van der Waals surface area contributed by atoms with Crippen LogP contribution in [-0.2, 0) is 9.84 Å². The molecule has 0 aliphatic heterocycles. The van der Waals surface area contributed by atoms with Gasteiger partial charge in [-0.1, -0.05) is 30.7 Å². The summed E-state index contributed by atoms with van der Waals surface area (Å²) in [6.45, 7) is 1.55. The molecule has 0 spiro atoms. The second-order valence-electron chi connectivity index (χ2n) is 4.34. The van der Waals surface area contributed by atoms with E-state index in [2.05, 4.69) is 0 Å². The summed E-state index contributed by atoms with van der Waals surface area (Å²) in [7, 11) is -3.09. The number of aliphatic hydroxyl groups excluding tert-OH is 1. The predicted octanol–water partition coefficient (Wildman–Crippen LogP) is 1.85. The van der Waals surface area contributed by atoms with E-state index in [4.69, 9.17) is 11.6 Å². The second-order valence-corrected chi connectivity index (χ2v) is 7.22. The molecule has 3 atom stereocenters. The summed E-state index contributed by atoms with van der Waals surface area (Å²) in [6.07, 6.45) is 0. The van der Waals surface area contributed by atoms with Crippen LogP contribution in [0.1, 0.15) is 18.4 Å². The van der Waals surface area contributed by atoms with E-state index < -0.39 is 15.1 Å². The minimum absolute atomic E-state index is 0.0813. The monoisotopic (exact) mass is 274 g/mol. The van der Waals surface area contributed by atoms with Crippen LogP contribution in [0, 0.1) is 5.92 Å². The molecule has 1 aliphatic rings. The number of benzene rings is 1. The van der Waals surface area contributed by atoms with Crippen LogP contribution in [0.3, 0.4) is 0 Å². The first-order valence-corrected chi connectivity index (χ1v) is 7.68. The summed E-state index contributed by atoms with van der Waals surface area (Å²) < 4.78 is 23.7. The number of halogens is 1. The third-order valence-corrected chi connectivity index (χ3v) is 5.91. The lowest BCUT2D eigenvalue weighted by Crippen LogP contribution is -2.13. The van der Waals surface area contributed by atoms with Crippen molar-refractivity contribution >= 4 is 21.4 Å². The topological polar surface area (TPSA) is 54.4 Å². The van der Waals surface area contributed by atoms with Gasteiger partial charge >= 0.3 is 0 Å². The van der Waals surface area contributed by atoms with Gasteiger partial charge in [0.25, 0.3) is 0 Å². The van der Waals surface area contributed by atoms with Crippen molar-refractivity contribution in [3.05, 3.63) is 34.9 Å². The molecule has 0 amide bonds. The SMILES string of the molecule is CCS(=O)(=O)[C@@H]1[C@H](CO)[C@@H]1c1ccc(Cl)cc1. The van der Waals surface area contributed by atoms with Crippen molar-refractivity contribution in [1.29, 1.82) is 0 Å². The summed E-state index contributed by atoms with van der Waals surface area (Å²) in [4.78, 5) is 0. The molecule has 1 N–H and O–H groups in total. The van der Waals surface area contributed by atoms with Gasteiger partial charge in [0, 0.05) is 29.2 Å². The maximum Gasteiger partial charge on any atom is 0.153 e. The molecule has 0 unspecified atom stereocenters. The number of hydrogen-bond acceptors (Lipinski definition) is 3. The molecule has 1 saturated carbocycles. The van der Waals surface area contributed by atoms with Gasteiger partial charge < -0.3 is 5.11 Å². The second kappa shape index (κ2) is 4.59. The van der Waals surface area contributed by atoms with E-state index in [0.717, 1.165) is 5.56 Å². The van der Waals surface area contributed by atoms with E-state index in [-0.39, 0.29) is 24.2 Å². The van der Waals surface area contributed by atoms with Crippen molar-refractivity contribution in [3.63, 3.8) is 0 Å². The molecular weight excluding hydrogens is 260 g/mol. The fourth-order valence-electron chi connectivity index (χ4n) is 2.36. The highest BCUT2D eigenvalue weighted by molar-refractivity contribution is 7.92. The molecule has 1 aromatic carbocycles. The number of rotatable bonds is 4. The summed E-state index contributed by atoms with van der Waals surface area (Å²) in [6, 6.07) is 7.17. The van der Waals surface area contributed by atoms with E-state index >= 15 is 0 Å². The van der Waals surface area contributed by atoms with Crippen molar-refractivity contribution in [2.24, 2.45) is 5.92 Å². The summed E-state index contributed by atoms with van der Waals surface area (Å²) in [5, 5.41) is 9.43. The number of sulfone groups is 1. The van der Waals surface area contributed by atoms with Crippen molar-refractivity contribution < 1.29 is 13.5 Å². The van der Waals surface area contributed by atoms with Gasteiger partial charge in [0.15, 0.2) is 9.84 Å². The van der Waals surface area contributed by atoms with Crippen LogP contribution in [0.2, 0.25) is 5.02 Å². The van der Waals surface area contributed by atoms with Crippen LogP contribution in [0.15, 0.2) is 24.3 Å². The number of hydrogen-bond donors (Lipinski definition) is 1. The van der Waals surface area contributed by atoms with Crippen molar-refractivity contribution in [2.75, 3.05) is 12.4 Å². The molecule has 0 aromatic heterocycles. The molecule has 5 heteroatoms. The maximum absolute atomic E-state index is 11.8. The molecule has 2 rings (SSSR count). The van der Waals surface area contributed by atoms with E-state index in [1.807, 2.05) is 12.1 Å². The van der Waals surface area contributed by atoms with Gasteiger partial charge in [-0.3, -0.25) is 0 Å². The molecule has 94 valence electrons. The van der Waals surface area contributed by atoms with Crippen LogP contribution in [-0.4, -0.2) is 31.1 Å². The molecule has 1 aromatic rings. The average molecular weight is 275 g/mol. The van der Waals surface area contributed by atoms with E-state index in [1.165, 1.54) is 0 Å². The highest BCUT2D eigenvalue weighted by atomic mass is 35.5. The Kier molecular flexibility index (Phi) is 3.48. The fourth-order valence-corrected chi connectivity index (χ4v) is 4.38. The smallest absolute Gasteiger partial charge is 0.153 e. The molecule has 0 bridgehead atoms. The van der Waals surface area contributed by atoms with Crippen molar-refractivity contribution in [1.82, 2.24) is 0 Å². The van der Waals surface area contributed by atoms with Gasteiger partial charge in [-0.05, 0) is 17.7 Å². The minimum Gasteiger partial charge on any atom is -0.396 e. The van der Waals surface area contributed by atoms with Gasteiger partial charge in [0.05, 0.1) is 5.25 Å². The van der Waals surface area contributed by atoms with Crippen molar-refractivity contribution in [3.8, 4) is 0 Å². The zero-order chi connectivity index (χ0) is 12.6.